The summed E-state index contributed by atoms with van der Waals surface area (Å²) in [7, 11) is 4.35. The Labute approximate surface area is 138 Å². The second-order valence-electron chi connectivity index (χ2n) is 6.78. The van der Waals surface area contributed by atoms with Crippen molar-refractivity contribution in [2.75, 3.05) is 27.2 Å². The van der Waals surface area contributed by atoms with Gasteiger partial charge in [0.1, 0.15) is 0 Å². The van der Waals surface area contributed by atoms with E-state index in [2.05, 4.69) is 53.7 Å². The van der Waals surface area contributed by atoms with Gasteiger partial charge >= 0.3 is 0 Å². The van der Waals surface area contributed by atoms with Crippen LogP contribution in [0.4, 0.5) is 0 Å². The van der Waals surface area contributed by atoms with E-state index in [1.807, 2.05) is 0 Å². The van der Waals surface area contributed by atoms with Crippen molar-refractivity contribution in [3.63, 3.8) is 0 Å². The first kappa shape index (κ1) is 17.3. The Hall–Kier alpha value is -1.07. The Morgan fingerprint density at radius 2 is 2.36 bits per heavy atom. The number of hydrogen-bond acceptors (Lipinski definition) is 3. The topological polar surface area (TPSA) is 53.6 Å². The second-order valence-corrected chi connectivity index (χ2v) is 7.81. The van der Waals surface area contributed by atoms with Crippen molar-refractivity contribution >= 4 is 17.3 Å². The van der Waals surface area contributed by atoms with Crippen LogP contribution in [0.1, 0.15) is 37.5 Å². The predicted octanol–water partition coefficient (Wildman–Crippen LogP) is 2.71. The molecule has 1 saturated carbocycles. The van der Waals surface area contributed by atoms with E-state index in [0.29, 0.717) is 5.96 Å². The summed E-state index contributed by atoms with van der Waals surface area (Å²) >= 11 is 1.79. The van der Waals surface area contributed by atoms with Crippen molar-refractivity contribution in [1.29, 1.82) is 0 Å². The van der Waals surface area contributed by atoms with Gasteiger partial charge in [-0.3, -0.25) is 4.99 Å². The first-order chi connectivity index (χ1) is 10.5. The number of guanidine groups is 1. The molecule has 0 aliphatic heterocycles. The van der Waals surface area contributed by atoms with Crippen LogP contribution in [0.2, 0.25) is 0 Å². The molecule has 1 aromatic heterocycles. The molecule has 1 aliphatic rings. The van der Waals surface area contributed by atoms with Gasteiger partial charge in [-0.1, -0.05) is 25.8 Å². The molecular weight excluding hydrogens is 292 g/mol. The quantitative estimate of drug-likeness (QED) is 0.625. The number of nitrogens with two attached hydrogens (primary N) is 1. The largest absolute Gasteiger partial charge is 0.370 e. The number of nitrogens with one attached hydrogen (secondary N) is 1. The summed E-state index contributed by atoms with van der Waals surface area (Å²) in [6, 6.07) is 4.24. The molecule has 5 heteroatoms. The third kappa shape index (κ3) is 4.71. The Morgan fingerprint density at radius 1 is 1.55 bits per heavy atom. The van der Waals surface area contributed by atoms with Crippen LogP contribution in [-0.4, -0.2) is 43.6 Å². The van der Waals surface area contributed by atoms with E-state index in [0.717, 1.165) is 25.4 Å². The molecule has 2 rings (SSSR count). The molecule has 124 valence electrons. The van der Waals surface area contributed by atoms with E-state index in [1.165, 1.54) is 30.6 Å². The smallest absolute Gasteiger partial charge is 0.188 e. The number of likely N-dealkylation sites (N-methyl/N-ethyl adjacent to an activating group) is 1. The molecule has 0 spiro atoms. The van der Waals surface area contributed by atoms with Gasteiger partial charge in [-0.05, 0) is 50.7 Å². The minimum Gasteiger partial charge on any atom is -0.370 e. The number of rotatable bonds is 6. The maximum atomic E-state index is 6.05. The molecular formula is C17H30N4S. The van der Waals surface area contributed by atoms with Crippen LogP contribution in [-0.2, 0) is 6.42 Å². The first-order valence-corrected chi connectivity index (χ1v) is 9.13. The van der Waals surface area contributed by atoms with E-state index >= 15 is 0 Å². The summed E-state index contributed by atoms with van der Waals surface area (Å²) in [5.74, 6) is 1.36. The zero-order valence-corrected chi connectivity index (χ0v) is 15.0. The molecule has 22 heavy (non-hydrogen) atoms. The van der Waals surface area contributed by atoms with Crippen LogP contribution in [0.5, 0.6) is 0 Å². The van der Waals surface area contributed by atoms with Gasteiger partial charge in [-0.2, -0.15) is 0 Å². The number of nitrogens with zero attached hydrogens (tertiary/aromatic N) is 2. The molecule has 4 nitrogen and oxygen atoms in total. The van der Waals surface area contributed by atoms with Crippen LogP contribution in [0, 0.1) is 5.92 Å². The second kappa shape index (κ2) is 7.97. The Balaban J connectivity index is 1.84. The first-order valence-electron chi connectivity index (χ1n) is 8.25. The van der Waals surface area contributed by atoms with Crippen LogP contribution in [0.25, 0.3) is 0 Å². The van der Waals surface area contributed by atoms with Crippen molar-refractivity contribution in [1.82, 2.24) is 10.2 Å². The van der Waals surface area contributed by atoms with Gasteiger partial charge in [-0.25, -0.2) is 0 Å². The average Bonchev–Trinajstić information content (AvgIpc) is 2.98. The van der Waals surface area contributed by atoms with Gasteiger partial charge < -0.3 is 16.0 Å². The standard InChI is InChI=1S/C17H30N4S/c1-14-6-4-9-17(12-14,21(2)3)13-20-16(18)19-10-8-15-7-5-11-22-15/h5,7,11,14H,4,6,8-10,12-13H2,1-3H3,(H3,18,19,20). The summed E-state index contributed by atoms with van der Waals surface area (Å²) in [6.45, 7) is 3.99. The molecule has 0 saturated heterocycles. The highest BCUT2D eigenvalue weighted by Crippen LogP contribution is 2.35. The Kier molecular flexibility index (Phi) is 6.26. The van der Waals surface area contributed by atoms with Gasteiger partial charge in [0, 0.05) is 17.0 Å². The maximum Gasteiger partial charge on any atom is 0.188 e. The molecule has 3 N–H and O–H groups in total. The maximum absolute atomic E-state index is 6.05. The van der Waals surface area contributed by atoms with E-state index in [1.54, 1.807) is 11.3 Å². The molecule has 2 unspecified atom stereocenters. The highest BCUT2D eigenvalue weighted by atomic mass is 32.1. The Morgan fingerprint density at radius 3 is 3.00 bits per heavy atom. The highest BCUT2D eigenvalue weighted by Gasteiger charge is 2.36. The monoisotopic (exact) mass is 322 g/mol. The summed E-state index contributed by atoms with van der Waals surface area (Å²) in [4.78, 5) is 8.37. The summed E-state index contributed by atoms with van der Waals surface area (Å²) < 4.78 is 0. The van der Waals surface area contributed by atoms with Crippen molar-refractivity contribution in [2.45, 2.75) is 44.6 Å². The lowest BCUT2D eigenvalue weighted by Gasteiger charge is -2.44. The van der Waals surface area contributed by atoms with E-state index in [4.69, 9.17) is 5.73 Å². The SMILES string of the molecule is CC1CCCC(CN=C(N)NCCc2cccs2)(N(C)C)C1. The highest BCUT2D eigenvalue weighted by molar-refractivity contribution is 7.09. The molecule has 1 aromatic rings. The summed E-state index contributed by atoms with van der Waals surface area (Å²) in [5, 5.41) is 5.35. The van der Waals surface area contributed by atoms with Crippen LogP contribution in [0.15, 0.2) is 22.5 Å². The average molecular weight is 323 g/mol. The van der Waals surface area contributed by atoms with E-state index < -0.39 is 0 Å². The molecule has 1 aliphatic carbocycles. The summed E-state index contributed by atoms with van der Waals surface area (Å²) in [6.07, 6.45) is 6.07. The minimum absolute atomic E-state index is 0.178. The molecule has 0 radical (unpaired) electrons. The summed E-state index contributed by atoms with van der Waals surface area (Å²) in [5.41, 5.74) is 6.23. The fourth-order valence-corrected chi connectivity index (χ4v) is 4.09. The van der Waals surface area contributed by atoms with Crippen molar-refractivity contribution in [2.24, 2.45) is 16.6 Å². The van der Waals surface area contributed by atoms with Crippen molar-refractivity contribution in [3.05, 3.63) is 22.4 Å². The normalized spacial score (nSPS) is 26.4. The van der Waals surface area contributed by atoms with Crippen LogP contribution in [0.3, 0.4) is 0 Å². The fourth-order valence-electron chi connectivity index (χ4n) is 3.38. The van der Waals surface area contributed by atoms with Gasteiger partial charge in [0.25, 0.3) is 0 Å². The lowest BCUT2D eigenvalue weighted by atomic mass is 9.75. The Bertz CT molecular complexity index is 469. The third-order valence-corrected chi connectivity index (χ3v) is 5.75. The molecule has 0 bridgehead atoms. The van der Waals surface area contributed by atoms with E-state index in [-0.39, 0.29) is 5.54 Å². The molecule has 1 heterocycles. The molecule has 2 atom stereocenters. The molecule has 1 fully saturated rings. The zero-order chi connectivity index (χ0) is 16.0. The van der Waals surface area contributed by atoms with Gasteiger partial charge in [0.05, 0.1) is 6.54 Å². The van der Waals surface area contributed by atoms with E-state index in [9.17, 15) is 0 Å². The lowest BCUT2D eigenvalue weighted by Crippen LogP contribution is -2.50. The number of thiophene rings is 1. The third-order valence-electron chi connectivity index (χ3n) is 4.82. The van der Waals surface area contributed by atoms with Crippen molar-refractivity contribution in [3.8, 4) is 0 Å². The van der Waals surface area contributed by atoms with Gasteiger partial charge in [-0.15, -0.1) is 11.3 Å². The molecule has 0 aromatic carbocycles. The van der Waals surface area contributed by atoms with Crippen molar-refractivity contribution < 1.29 is 0 Å². The predicted molar refractivity (Wildman–Crippen MR) is 96.6 cm³/mol. The van der Waals surface area contributed by atoms with Crippen LogP contribution >= 0.6 is 11.3 Å². The fraction of sp³-hybridized carbons (Fsp3) is 0.706. The molecule has 0 amide bonds. The van der Waals surface area contributed by atoms with Gasteiger partial charge in [0.2, 0.25) is 0 Å². The minimum atomic E-state index is 0.178. The number of hydrogen-bond donors (Lipinski definition) is 2. The zero-order valence-electron chi connectivity index (χ0n) is 14.1. The lowest BCUT2D eigenvalue weighted by molar-refractivity contribution is 0.0845. The number of aliphatic imine (C=N–C) groups is 1. The van der Waals surface area contributed by atoms with Gasteiger partial charge in [0.15, 0.2) is 5.96 Å². The van der Waals surface area contributed by atoms with Crippen LogP contribution < -0.4 is 11.1 Å².